The van der Waals surface area contributed by atoms with Crippen LogP contribution in [0.3, 0.4) is 0 Å². The minimum absolute atomic E-state index is 0.215. The van der Waals surface area contributed by atoms with E-state index in [1.807, 2.05) is 42.2 Å². The van der Waals surface area contributed by atoms with Gasteiger partial charge in [-0.05, 0) is 43.9 Å². The van der Waals surface area contributed by atoms with Crippen molar-refractivity contribution in [2.45, 2.75) is 32.3 Å². The van der Waals surface area contributed by atoms with Crippen molar-refractivity contribution in [3.63, 3.8) is 0 Å². The number of nitrogens with zero attached hydrogens (tertiary/aromatic N) is 3. The van der Waals surface area contributed by atoms with Crippen LogP contribution in [0.25, 0.3) is 6.08 Å². The number of hydrogen-bond donors (Lipinski definition) is 1. The van der Waals surface area contributed by atoms with Crippen molar-refractivity contribution in [1.29, 1.82) is 0 Å². The van der Waals surface area contributed by atoms with Gasteiger partial charge in [0.1, 0.15) is 12.7 Å². The lowest BCUT2D eigenvalue weighted by atomic mass is 10.1. The number of piperidine rings is 1. The van der Waals surface area contributed by atoms with Gasteiger partial charge in [-0.15, -0.1) is 0 Å². The number of ether oxygens (including phenoxy) is 2. The summed E-state index contributed by atoms with van der Waals surface area (Å²) >= 11 is 0. The minimum Gasteiger partial charge on any atom is -0.493 e. The lowest BCUT2D eigenvalue weighted by Crippen LogP contribution is -2.52. The number of aliphatic hydroxyl groups is 1. The Hall–Kier alpha value is -2.09. The molecule has 2 aliphatic rings. The maximum absolute atomic E-state index is 12.5. The smallest absolute Gasteiger partial charge is 0.236 e. The zero-order valence-corrected chi connectivity index (χ0v) is 19.0. The van der Waals surface area contributed by atoms with Crippen LogP contribution in [0, 0.1) is 0 Å². The Bertz CT molecular complexity index is 726. The van der Waals surface area contributed by atoms with Crippen molar-refractivity contribution < 1.29 is 19.4 Å². The number of hydrogen-bond acceptors (Lipinski definition) is 6. The first-order valence-corrected chi connectivity index (χ1v) is 11.4. The van der Waals surface area contributed by atoms with Gasteiger partial charge in [0.05, 0.1) is 13.7 Å². The van der Waals surface area contributed by atoms with Gasteiger partial charge in [-0.1, -0.05) is 18.2 Å². The van der Waals surface area contributed by atoms with Crippen molar-refractivity contribution in [1.82, 2.24) is 14.7 Å². The molecule has 2 aliphatic heterocycles. The quantitative estimate of drug-likeness (QED) is 0.646. The second-order valence-corrected chi connectivity index (χ2v) is 8.39. The Morgan fingerprint density at radius 1 is 1.06 bits per heavy atom. The molecule has 2 saturated heterocycles. The van der Waals surface area contributed by atoms with Gasteiger partial charge in [0.2, 0.25) is 5.91 Å². The molecule has 0 bridgehead atoms. The third-order valence-electron chi connectivity index (χ3n) is 5.98. The summed E-state index contributed by atoms with van der Waals surface area (Å²) in [6.45, 7) is 8.50. The maximum Gasteiger partial charge on any atom is 0.236 e. The SMILES string of the molecule is C/C=C/c1ccc(OCC(O)CN2CCN(CC(=O)N3CCCCC3)CC2)c(OC)c1. The summed E-state index contributed by atoms with van der Waals surface area (Å²) in [5.74, 6) is 1.56. The van der Waals surface area contributed by atoms with Crippen molar-refractivity contribution in [3.05, 3.63) is 29.8 Å². The van der Waals surface area contributed by atoms with Crippen LogP contribution in [-0.4, -0.2) is 97.9 Å². The molecule has 2 heterocycles. The number of amides is 1. The molecule has 2 fully saturated rings. The monoisotopic (exact) mass is 431 g/mol. The standard InChI is InChI=1S/C24H37N3O4/c1-3-7-20-8-9-22(23(16-20)30-2)31-19-21(28)17-25-12-14-26(15-13-25)18-24(29)27-10-5-4-6-11-27/h3,7-9,16,21,28H,4-6,10-15,17-19H2,1-2H3/b7-3+. The van der Waals surface area contributed by atoms with Crippen molar-refractivity contribution in [2.75, 3.05) is 66.1 Å². The van der Waals surface area contributed by atoms with E-state index in [0.29, 0.717) is 24.6 Å². The van der Waals surface area contributed by atoms with Gasteiger partial charge >= 0.3 is 0 Å². The molecule has 0 spiro atoms. The highest BCUT2D eigenvalue weighted by atomic mass is 16.5. The lowest BCUT2D eigenvalue weighted by Gasteiger charge is -2.36. The lowest BCUT2D eigenvalue weighted by molar-refractivity contribution is -0.133. The summed E-state index contributed by atoms with van der Waals surface area (Å²) in [4.78, 5) is 18.9. The fraction of sp³-hybridized carbons (Fsp3) is 0.625. The number of allylic oxidation sites excluding steroid dienone is 1. The molecule has 1 aromatic carbocycles. The van der Waals surface area contributed by atoms with Crippen molar-refractivity contribution in [3.8, 4) is 11.5 Å². The zero-order chi connectivity index (χ0) is 22.1. The number of aliphatic hydroxyl groups excluding tert-OH is 1. The molecule has 0 aliphatic carbocycles. The fourth-order valence-electron chi connectivity index (χ4n) is 4.20. The molecule has 1 N–H and O–H groups in total. The Morgan fingerprint density at radius 2 is 1.77 bits per heavy atom. The van der Waals surface area contributed by atoms with E-state index in [0.717, 1.165) is 57.7 Å². The van der Waals surface area contributed by atoms with Crippen molar-refractivity contribution in [2.24, 2.45) is 0 Å². The van der Waals surface area contributed by atoms with E-state index < -0.39 is 6.10 Å². The van der Waals surface area contributed by atoms with E-state index in [1.165, 1.54) is 6.42 Å². The Labute approximate surface area is 186 Å². The molecule has 0 aromatic heterocycles. The van der Waals surface area contributed by atoms with E-state index in [2.05, 4.69) is 9.80 Å². The maximum atomic E-state index is 12.5. The third-order valence-corrected chi connectivity index (χ3v) is 5.98. The number of benzene rings is 1. The van der Waals surface area contributed by atoms with Crippen LogP contribution in [0.15, 0.2) is 24.3 Å². The predicted molar refractivity (Wildman–Crippen MR) is 123 cm³/mol. The Balaban J connectivity index is 1.38. The van der Waals surface area contributed by atoms with Crippen LogP contribution in [0.1, 0.15) is 31.7 Å². The molecule has 1 aromatic rings. The molecule has 172 valence electrons. The molecule has 7 heteroatoms. The molecular formula is C24H37N3O4. The van der Waals surface area contributed by atoms with Crippen molar-refractivity contribution >= 4 is 12.0 Å². The third kappa shape index (κ3) is 7.23. The summed E-state index contributed by atoms with van der Waals surface area (Å²) in [6.07, 6.45) is 6.89. The summed E-state index contributed by atoms with van der Waals surface area (Å²) in [5, 5.41) is 10.5. The van der Waals surface area contributed by atoms with E-state index in [9.17, 15) is 9.90 Å². The van der Waals surface area contributed by atoms with E-state index >= 15 is 0 Å². The van der Waals surface area contributed by atoms with Gasteiger partial charge in [-0.3, -0.25) is 14.6 Å². The van der Waals surface area contributed by atoms with Crippen LogP contribution >= 0.6 is 0 Å². The number of carbonyl (C=O) groups is 1. The summed E-state index contributed by atoms with van der Waals surface area (Å²) in [5.41, 5.74) is 1.05. The van der Waals surface area contributed by atoms with Crippen LogP contribution in [-0.2, 0) is 4.79 Å². The Kier molecular flexibility index (Phi) is 9.18. The summed E-state index contributed by atoms with van der Waals surface area (Å²) in [6, 6.07) is 5.76. The van der Waals surface area contributed by atoms with Gasteiger partial charge in [0, 0.05) is 45.8 Å². The number of likely N-dealkylation sites (tertiary alicyclic amines) is 1. The fourth-order valence-corrected chi connectivity index (χ4v) is 4.20. The van der Waals surface area contributed by atoms with Gasteiger partial charge in [0.25, 0.3) is 0 Å². The molecule has 3 rings (SSSR count). The first kappa shape index (κ1) is 23.6. The molecular weight excluding hydrogens is 394 g/mol. The summed E-state index contributed by atoms with van der Waals surface area (Å²) < 4.78 is 11.2. The molecule has 1 atom stereocenters. The summed E-state index contributed by atoms with van der Waals surface area (Å²) in [7, 11) is 1.62. The molecule has 1 amide bonds. The number of carbonyl (C=O) groups excluding carboxylic acids is 1. The molecule has 31 heavy (non-hydrogen) atoms. The zero-order valence-electron chi connectivity index (χ0n) is 19.0. The predicted octanol–water partition coefficient (Wildman–Crippen LogP) is 2.10. The van der Waals surface area contributed by atoms with Crippen LogP contribution < -0.4 is 9.47 Å². The number of β-amino-alcohol motifs (C(OH)–C–C–N with tert-alkyl or cyclic N) is 1. The van der Waals surface area contributed by atoms with Gasteiger partial charge < -0.3 is 19.5 Å². The first-order valence-electron chi connectivity index (χ1n) is 11.4. The van der Waals surface area contributed by atoms with Crippen LogP contribution in [0.5, 0.6) is 11.5 Å². The highest BCUT2D eigenvalue weighted by Gasteiger charge is 2.24. The van der Waals surface area contributed by atoms with Gasteiger partial charge in [-0.25, -0.2) is 0 Å². The van der Waals surface area contributed by atoms with Gasteiger partial charge in [0.15, 0.2) is 11.5 Å². The number of piperazine rings is 1. The van der Waals surface area contributed by atoms with Crippen LogP contribution in [0.4, 0.5) is 0 Å². The average molecular weight is 432 g/mol. The Morgan fingerprint density at radius 3 is 2.45 bits per heavy atom. The highest BCUT2D eigenvalue weighted by Crippen LogP contribution is 2.28. The van der Waals surface area contributed by atoms with Gasteiger partial charge in [-0.2, -0.15) is 0 Å². The molecule has 0 saturated carbocycles. The van der Waals surface area contributed by atoms with Crippen LogP contribution in [0.2, 0.25) is 0 Å². The molecule has 0 radical (unpaired) electrons. The molecule has 1 unspecified atom stereocenters. The number of rotatable bonds is 9. The first-order chi connectivity index (χ1) is 15.1. The number of methoxy groups -OCH3 is 1. The molecule has 7 nitrogen and oxygen atoms in total. The van der Waals surface area contributed by atoms with E-state index in [1.54, 1.807) is 7.11 Å². The van der Waals surface area contributed by atoms with E-state index in [-0.39, 0.29) is 12.5 Å². The minimum atomic E-state index is -0.582. The normalized spacial score (nSPS) is 19.5. The highest BCUT2D eigenvalue weighted by molar-refractivity contribution is 5.78. The second kappa shape index (κ2) is 12.1. The average Bonchev–Trinajstić information content (AvgIpc) is 2.80. The van der Waals surface area contributed by atoms with E-state index in [4.69, 9.17) is 9.47 Å². The topological polar surface area (TPSA) is 65.5 Å². The second-order valence-electron chi connectivity index (χ2n) is 8.39. The largest absolute Gasteiger partial charge is 0.493 e.